The first-order valence-electron chi connectivity index (χ1n) is 9.36. The summed E-state index contributed by atoms with van der Waals surface area (Å²) in [7, 11) is 0. The molecule has 2 amide bonds. The lowest BCUT2D eigenvalue weighted by atomic mass is 10.0. The highest BCUT2D eigenvalue weighted by molar-refractivity contribution is 6.08. The molecule has 0 aliphatic carbocycles. The second-order valence-corrected chi connectivity index (χ2v) is 6.79. The van der Waals surface area contributed by atoms with Crippen LogP contribution in [0.1, 0.15) is 41.1 Å². The van der Waals surface area contributed by atoms with Crippen LogP contribution in [-0.4, -0.2) is 18.4 Å². The van der Waals surface area contributed by atoms with Gasteiger partial charge in [0.2, 0.25) is 5.91 Å². The van der Waals surface area contributed by atoms with Crippen molar-refractivity contribution in [2.45, 2.75) is 27.7 Å². The molecule has 2 aromatic carbocycles. The van der Waals surface area contributed by atoms with E-state index in [0.29, 0.717) is 18.0 Å². The van der Waals surface area contributed by atoms with Crippen molar-refractivity contribution >= 4 is 34.0 Å². The summed E-state index contributed by atoms with van der Waals surface area (Å²) < 4.78 is 11.6. The molecule has 3 rings (SSSR count). The monoisotopic (exact) mass is 392 g/mol. The quantitative estimate of drug-likeness (QED) is 0.600. The van der Waals surface area contributed by atoms with Gasteiger partial charge in [-0.2, -0.15) is 0 Å². The van der Waals surface area contributed by atoms with Gasteiger partial charge in [0.1, 0.15) is 17.1 Å². The maximum Gasteiger partial charge on any atom is 0.250 e. The lowest BCUT2D eigenvalue weighted by molar-refractivity contribution is -0.111. The van der Waals surface area contributed by atoms with Gasteiger partial charge in [0.05, 0.1) is 17.9 Å². The van der Waals surface area contributed by atoms with Crippen LogP contribution in [0.4, 0.5) is 5.69 Å². The summed E-state index contributed by atoms with van der Waals surface area (Å²) in [5.41, 5.74) is 9.34. The lowest BCUT2D eigenvalue weighted by Crippen LogP contribution is -2.17. The number of aryl methyl sites for hydroxylation is 2. The van der Waals surface area contributed by atoms with Crippen LogP contribution in [0.25, 0.3) is 16.5 Å². The summed E-state index contributed by atoms with van der Waals surface area (Å²) in [4.78, 5) is 24.1. The minimum absolute atomic E-state index is 0.257. The van der Waals surface area contributed by atoms with E-state index >= 15 is 0 Å². The predicted octanol–water partition coefficient (Wildman–Crippen LogP) is 4.59. The Kier molecular flexibility index (Phi) is 5.73. The molecule has 0 saturated carbocycles. The Hall–Kier alpha value is -3.54. The van der Waals surface area contributed by atoms with E-state index in [1.165, 1.54) is 6.08 Å². The van der Waals surface area contributed by atoms with Crippen molar-refractivity contribution in [3.05, 3.63) is 64.9 Å². The number of hydrogen-bond donors (Lipinski definition) is 2. The van der Waals surface area contributed by atoms with Gasteiger partial charge in [-0.1, -0.05) is 12.1 Å². The number of benzene rings is 2. The Morgan fingerprint density at radius 3 is 2.59 bits per heavy atom. The highest BCUT2D eigenvalue weighted by Crippen LogP contribution is 2.35. The molecule has 1 aromatic heterocycles. The molecule has 1 heterocycles. The van der Waals surface area contributed by atoms with E-state index in [2.05, 4.69) is 5.32 Å². The highest BCUT2D eigenvalue weighted by Gasteiger charge is 2.15. The summed E-state index contributed by atoms with van der Waals surface area (Å²) in [5.74, 6) is 0.533. The number of rotatable bonds is 6. The van der Waals surface area contributed by atoms with E-state index in [4.69, 9.17) is 14.9 Å². The molecule has 0 spiro atoms. The van der Waals surface area contributed by atoms with Crippen LogP contribution in [0, 0.1) is 13.8 Å². The van der Waals surface area contributed by atoms with Gasteiger partial charge >= 0.3 is 0 Å². The largest absolute Gasteiger partial charge is 0.493 e. The van der Waals surface area contributed by atoms with Crippen molar-refractivity contribution in [2.24, 2.45) is 5.73 Å². The van der Waals surface area contributed by atoms with Crippen LogP contribution in [0.5, 0.6) is 5.75 Å². The molecule has 0 bridgehead atoms. The fourth-order valence-corrected chi connectivity index (χ4v) is 3.20. The Bertz CT molecular complexity index is 1130. The summed E-state index contributed by atoms with van der Waals surface area (Å²) in [6.07, 6.45) is 1.48. The van der Waals surface area contributed by atoms with Crippen LogP contribution in [0.2, 0.25) is 0 Å². The SMILES string of the molecule is CCOc1cc2oc(C)c(C)c2cc1/C(C)=C/C(=O)Nc1ccccc1C(N)=O. The average molecular weight is 392 g/mol. The maximum absolute atomic E-state index is 12.6. The van der Waals surface area contributed by atoms with Gasteiger partial charge in [0.15, 0.2) is 0 Å². The van der Waals surface area contributed by atoms with Crippen LogP contribution in [0.15, 0.2) is 46.9 Å². The third-order valence-corrected chi connectivity index (χ3v) is 4.80. The summed E-state index contributed by atoms with van der Waals surface area (Å²) in [6.45, 7) is 8.15. The number of nitrogens with two attached hydrogens (primary N) is 1. The van der Waals surface area contributed by atoms with E-state index < -0.39 is 5.91 Å². The minimum atomic E-state index is -0.600. The fraction of sp³-hybridized carbons (Fsp3) is 0.217. The van der Waals surface area contributed by atoms with Crippen molar-refractivity contribution in [3.63, 3.8) is 0 Å². The highest BCUT2D eigenvalue weighted by atomic mass is 16.5. The molecule has 3 aromatic rings. The van der Waals surface area contributed by atoms with Gasteiger partial charge in [0, 0.05) is 23.1 Å². The molecule has 3 N–H and O–H groups in total. The standard InChI is InChI=1S/C23H24N2O4/c1-5-28-20-12-21-18(14(3)15(4)29-21)11-17(20)13(2)10-22(26)25-19-9-7-6-8-16(19)23(24)27/h6-12H,5H2,1-4H3,(H2,24,27)(H,25,26)/b13-10+. The Morgan fingerprint density at radius 1 is 1.17 bits per heavy atom. The first-order chi connectivity index (χ1) is 13.8. The maximum atomic E-state index is 12.6. The second kappa shape index (κ2) is 8.22. The van der Waals surface area contributed by atoms with E-state index in [-0.39, 0.29) is 11.5 Å². The van der Waals surface area contributed by atoms with Gasteiger partial charge < -0.3 is 20.2 Å². The van der Waals surface area contributed by atoms with Crippen LogP contribution in [0.3, 0.4) is 0 Å². The first-order valence-corrected chi connectivity index (χ1v) is 9.36. The Labute approximate surface area is 169 Å². The molecular formula is C23H24N2O4. The zero-order chi connectivity index (χ0) is 21.1. The number of carbonyl (C=O) groups is 2. The van der Waals surface area contributed by atoms with Crippen LogP contribution < -0.4 is 15.8 Å². The molecule has 0 unspecified atom stereocenters. The third-order valence-electron chi connectivity index (χ3n) is 4.80. The molecule has 0 aliphatic rings. The van der Waals surface area contributed by atoms with E-state index in [1.54, 1.807) is 24.3 Å². The molecule has 6 nitrogen and oxygen atoms in total. The normalized spacial score (nSPS) is 11.5. The summed E-state index contributed by atoms with van der Waals surface area (Å²) >= 11 is 0. The van der Waals surface area contributed by atoms with Crippen molar-refractivity contribution in [1.29, 1.82) is 0 Å². The number of allylic oxidation sites excluding steroid dienone is 1. The van der Waals surface area contributed by atoms with Crippen molar-refractivity contribution in [1.82, 2.24) is 0 Å². The van der Waals surface area contributed by atoms with Crippen molar-refractivity contribution in [2.75, 3.05) is 11.9 Å². The number of primary amides is 1. The molecule has 0 saturated heterocycles. The number of ether oxygens (including phenoxy) is 1. The number of para-hydroxylation sites is 1. The number of fused-ring (bicyclic) bond motifs is 1. The average Bonchev–Trinajstić information content (AvgIpc) is 2.94. The van der Waals surface area contributed by atoms with Gasteiger partial charge in [-0.25, -0.2) is 0 Å². The van der Waals surface area contributed by atoms with Gasteiger partial charge in [0.25, 0.3) is 5.91 Å². The molecule has 6 heteroatoms. The number of anilines is 1. The molecule has 0 fully saturated rings. The summed E-state index contributed by atoms with van der Waals surface area (Å²) in [6, 6.07) is 10.4. The number of amides is 2. The van der Waals surface area contributed by atoms with Crippen LogP contribution in [-0.2, 0) is 4.79 Å². The number of hydrogen-bond acceptors (Lipinski definition) is 4. The second-order valence-electron chi connectivity index (χ2n) is 6.79. The molecule has 29 heavy (non-hydrogen) atoms. The van der Waals surface area contributed by atoms with Gasteiger partial charge in [-0.3, -0.25) is 9.59 Å². The van der Waals surface area contributed by atoms with Gasteiger partial charge in [-0.15, -0.1) is 0 Å². The Balaban J connectivity index is 1.97. The topological polar surface area (TPSA) is 94.6 Å². The van der Waals surface area contributed by atoms with E-state index in [9.17, 15) is 9.59 Å². The third kappa shape index (κ3) is 4.16. The van der Waals surface area contributed by atoms with Crippen molar-refractivity contribution < 1.29 is 18.7 Å². The Morgan fingerprint density at radius 2 is 1.90 bits per heavy atom. The molecular weight excluding hydrogens is 368 g/mol. The number of furan rings is 1. The molecule has 0 radical (unpaired) electrons. The van der Waals surface area contributed by atoms with E-state index in [1.807, 2.05) is 39.8 Å². The fourth-order valence-electron chi connectivity index (χ4n) is 3.20. The van der Waals surface area contributed by atoms with Crippen LogP contribution >= 0.6 is 0 Å². The smallest absolute Gasteiger partial charge is 0.250 e. The zero-order valence-corrected chi connectivity index (χ0v) is 17.0. The zero-order valence-electron chi connectivity index (χ0n) is 17.0. The first kappa shape index (κ1) is 20.2. The van der Waals surface area contributed by atoms with E-state index in [0.717, 1.165) is 33.4 Å². The predicted molar refractivity (Wildman–Crippen MR) is 114 cm³/mol. The molecule has 150 valence electrons. The number of nitrogens with one attached hydrogen (secondary N) is 1. The minimum Gasteiger partial charge on any atom is -0.493 e. The number of carbonyl (C=O) groups excluding carboxylic acids is 2. The molecule has 0 atom stereocenters. The molecule has 0 aliphatic heterocycles. The van der Waals surface area contributed by atoms with Crippen molar-refractivity contribution in [3.8, 4) is 5.75 Å². The summed E-state index contributed by atoms with van der Waals surface area (Å²) in [5, 5.41) is 3.70. The van der Waals surface area contributed by atoms with Gasteiger partial charge in [-0.05, 0) is 57.0 Å². The lowest BCUT2D eigenvalue weighted by Gasteiger charge is -2.12.